The molecule has 0 spiro atoms. The molecule has 4 aliphatic rings. The van der Waals surface area contributed by atoms with E-state index < -0.39 is 11.9 Å². The molecule has 404 valence electrons. The maximum Gasteiger partial charge on any atom is 0.263 e. The van der Waals surface area contributed by atoms with E-state index in [0.717, 1.165) is 50.6 Å². The van der Waals surface area contributed by atoms with Gasteiger partial charge in [-0.1, -0.05) is 25.3 Å². The lowest BCUT2D eigenvalue weighted by molar-refractivity contribution is -0.137. The number of azo groups is 1. The Morgan fingerprint density at radius 2 is 1.62 bits per heavy atom. The van der Waals surface area contributed by atoms with Crippen LogP contribution >= 0.6 is 0 Å². The van der Waals surface area contributed by atoms with Crippen LogP contribution < -0.4 is 45.9 Å². The highest BCUT2D eigenvalue weighted by Gasteiger charge is 2.40. The third-order valence-electron chi connectivity index (χ3n) is 14.5. The fourth-order valence-corrected chi connectivity index (χ4v) is 10.4. The van der Waals surface area contributed by atoms with Crippen molar-refractivity contribution in [1.29, 1.82) is 0 Å². The van der Waals surface area contributed by atoms with Crippen LogP contribution in [0, 0.1) is 6.92 Å². The van der Waals surface area contributed by atoms with Gasteiger partial charge in [-0.05, 0) is 82.3 Å². The molecule has 4 N–H and O–H groups in total. The molecule has 23 heteroatoms. The molecule has 0 bridgehead atoms. The van der Waals surface area contributed by atoms with Crippen LogP contribution in [0.15, 0.2) is 69.9 Å². The first kappa shape index (κ1) is 53.5. The Morgan fingerprint density at radius 3 is 2.32 bits per heavy atom. The van der Waals surface area contributed by atoms with Gasteiger partial charge in [0.1, 0.15) is 17.5 Å². The number of aryl methyl sites for hydroxylation is 1. The van der Waals surface area contributed by atoms with Gasteiger partial charge in [0.15, 0.2) is 23.9 Å². The molecule has 77 heavy (non-hydrogen) atoms. The van der Waals surface area contributed by atoms with Gasteiger partial charge in [-0.3, -0.25) is 43.4 Å². The number of imide groups is 1. The van der Waals surface area contributed by atoms with Gasteiger partial charge in [0, 0.05) is 86.6 Å². The molecule has 3 aromatic heterocycles. The molecule has 3 aliphatic heterocycles. The predicted molar refractivity (Wildman–Crippen MR) is 284 cm³/mol. The number of nitrogens with zero attached hydrogens (tertiary/aromatic N) is 9. The van der Waals surface area contributed by atoms with Crippen molar-refractivity contribution in [2.24, 2.45) is 10.2 Å². The van der Waals surface area contributed by atoms with E-state index in [1.54, 1.807) is 54.2 Å². The van der Waals surface area contributed by atoms with Crippen LogP contribution in [0.1, 0.15) is 103 Å². The molecule has 6 heterocycles. The first-order chi connectivity index (χ1) is 37.3. The molecule has 1 aliphatic carbocycles. The Kier molecular flexibility index (Phi) is 16.7. The van der Waals surface area contributed by atoms with Crippen molar-refractivity contribution < 1.29 is 43.0 Å². The van der Waals surface area contributed by atoms with Crippen LogP contribution in [-0.4, -0.2) is 137 Å². The second-order valence-electron chi connectivity index (χ2n) is 19.5. The quantitative estimate of drug-likeness (QED) is 0.0312. The molecule has 5 amide bonds. The van der Waals surface area contributed by atoms with Crippen molar-refractivity contribution in [2.45, 2.75) is 90.3 Å². The number of pyridine rings is 2. The van der Waals surface area contributed by atoms with Crippen LogP contribution in [0.5, 0.6) is 17.2 Å². The highest BCUT2D eigenvalue weighted by atomic mass is 16.5. The highest BCUT2D eigenvalue weighted by Crippen LogP contribution is 2.42. The first-order valence-corrected chi connectivity index (χ1v) is 26.0. The zero-order valence-electron chi connectivity index (χ0n) is 43.7. The molecular weight excluding hydrogens is 991 g/mol. The molecule has 5 aromatic rings. The van der Waals surface area contributed by atoms with E-state index in [-0.39, 0.29) is 96.4 Å². The smallest absolute Gasteiger partial charge is 0.263 e. The third kappa shape index (κ3) is 12.0. The van der Waals surface area contributed by atoms with Crippen LogP contribution in [-0.2, 0) is 25.7 Å². The summed E-state index contributed by atoms with van der Waals surface area (Å²) in [6.45, 7) is 6.87. The number of aromatic nitrogens is 4. The van der Waals surface area contributed by atoms with Gasteiger partial charge in [0.05, 0.1) is 49.6 Å². The summed E-state index contributed by atoms with van der Waals surface area (Å²) < 4.78 is 18.7. The van der Waals surface area contributed by atoms with E-state index in [1.807, 2.05) is 17.0 Å². The van der Waals surface area contributed by atoms with Gasteiger partial charge in [0.2, 0.25) is 29.4 Å². The average Bonchev–Trinajstić information content (AvgIpc) is 4.09. The lowest BCUT2D eigenvalue weighted by Gasteiger charge is -2.36. The van der Waals surface area contributed by atoms with Gasteiger partial charge in [-0.25, -0.2) is 9.97 Å². The second-order valence-corrected chi connectivity index (χ2v) is 19.5. The minimum atomic E-state index is -0.756. The van der Waals surface area contributed by atoms with Gasteiger partial charge in [0.25, 0.3) is 17.4 Å². The van der Waals surface area contributed by atoms with Gasteiger partial charge in [-0.2, -0.15) is 15.2 Å². The molecule has 1 saturated carbocycles. The van der Waals surface area contributed by atoms with Crippen molar-refractivity contribution >= 4 is 75.2 Å². The monoisotopic (exact) mass is 1050 g/mol. The van der Waals surface area contributed by atoms with Gasteiger partial charge < -0.3 is 44.9 Å². The van der Waals surface area contributed by atoms with E-state index >= 15 is 0 Å². The second kappa shape index (κ2) is 24.1. The minimum absolute atomic E-state index is 0.0189. The average molecular weight is 1050 g/mol. The summed E-state index contributed by atoms with van der Waals surface area (Å²) >= 11 is 0. The number of benzene rings is 2. The number of hydrogen-bond acceptors (Lipinski definition) is 18. The van der Waals surface area contributed by atoms with Crippen LogP contribution in [0.3, 0.4) is 0 Å². The maximum absolute atomic E-state index is 13.6. The van der Waals surface area contributed by atoms with E-state index in [0.29, 0.717) is 90.1 Å². The zero-order valence-corrected chi connectivity index (χ0v) is 43.7. The van der Waals surface area contributed by atoms with E-state index in [4.69, 9.17) is 19.2 Å². The van der Waals surface area contributed by atoms with Crippen LogP contribution in [0.25, 0.3) is 11.0 Å². The van der Waals surface area contributed by atoms with Gasteiger partial charge in [-0.15, -0.1) is 0 Å². The Labute approximate surface area is 444 Å². The number of unbranched alkanes of at least 4 members (excludes halogenated alkanes) is 2. The number of methoxy groups -OCH3 is 2. The number of carbonyl (C=O) groups excluding carboxylic acids is 6. The number of ketones is 1. The van der Waals surface area contributed by atoms with Crippen LogP contribution in [0.2, 0.25) is 0 Å². The Morgan fingerprint density at radius 1 is 0.870 bits per heavy atom. The lowest BCUT2D eigenvalue weighted by Crippen LogP contribution is -2.52. The number of ether oxygens (including phenoxy) is 3. The minimum Gasteiger partial charge on any atom is -0.493 e. The number of rotatable bonds is 21. The van der Waals surface area contributed by atoms with Crippen molar-refractivity contribution in [3.05, 3.63) is 87.5 Å². The van der Waals surface area contributed by atoms with E-state index in [9.17, 15) is 33.6 Å². The molecule has 23 nitrogen and oxygen atoms in total. The van der Waals surface area contributed by atoms with E-state index in [1.165, 1.54) is 26.0 Å². The summed E-state index contributed by atoms with van der Waals surface area (Å²) in [5.41, 5.74) is 3.75. The third-order valence-corrected chi connectivity index (χ3v) is 14.5. The summed E-state index contributed by atoms with van der Waals surface area (Å²) in [6, 6.07) is 11.3. The van der Waals surface area contributed by atoms with Gasteiger partial charge >= 0.3 is 0 Å². The van der Waals surface area contributed by atoms with Crippen molar-refractivity contribution in [3.63, 3.8) is 0 Å². The number of Topliss-reactive ketones (excluding diaryl/α,β-unsaturated/α-hetero) is 1. The molecular formula is C54H63N13O10. The molecule has 9 rings (SSSR count). The van der Waals surface area contributed by atoms with E-state index in [2.05, 4.69) is 46.4 Å². The summed E-state index contributed by atoms with van der Waals surface area (Å²) in [5, 5.41) is 21.1. The summed E-state index contributed by atoms with van der Waals surface area (Å²) in [6.07, 6.45) is 9.99. The van der Waals surface area contributed by atoms with Crippen molar-refractivity contribution in [2.75, 3.05) is 76.9 Å². The summed E-state index contributed by atoms with van der Waals surface area (Å²) in [7, 11) is 2.90. The molecule has 1 unspecified atom stereocenters. The Balaban J connectivity index is 0.664. The number of hydrogen-bond donors (Lipinski definition) is 4. The SMILES string of the molecule is COc1cc(N=Nc2cccc3c2CN(C2CCC(=O)NC2=O)C3=O)cc(OC)c1OCC(=O)NCCCCCNCC(=O)N1CCN(c2ccc(Nc3ncc4c(C)c(C(C)=O)c(=O)n(C5CCCC5)c4n3)nc2)CC1. The molecule has 3 fully saturated rings. The van der Waals surface area contributed by atoms with Crippen LogP contribution in [0.4, 0.5) is 28.8 Å². The predicted octanol–water partition coefficient (Wildman–Crippen LogP) is 5.35. The number of piperazine rings is 1. The summed E-state index contributed by atoms with van der Waals surface area (Å²) in [5.74, 6) is -0.142. The molecule has 0 radical (unpaired) electrons. The molecule has 2 aromatic carbocycles. The Bertz CT molecular complexity index is 3140. The van der Waals surface area contributed by atoms with Crippen molar-refractivity contribution in [3.8, 4) is 17.2 Å². The number of carbonyl (C=O) groups is 6. The first-order valence-electron chi connectivity index (χ1n) is 26.0. The Hall–Kier alpha value is -8.34. The summed E-state index contributed by atoms with van der Waals surface area (Å²) in [4.78, 5) is 109. The number of amides is 5. The molecule has 2 saturated heterocycles. The lowest BCUT2D eigenvalue weighted by atomic mass is 10.0. The number of piperidine rings is 1. The fourth-order valence-electron chi connectivity index (χ4n) is 10.4. The van der Waals surface area contributed by atoms with Crippen molar-refractivity contribution in [1.82, 2.24) is 45.3 Å². The number of nitrogens with one attached hydrogen (secondary N) is 4. The standard InChI is InChI=1S/C54H63N13O10/c1-32-38-28-58-54(61-50(38)67(35-11-6-7-12-35)53(74)48(32)33(2)68)59-44-17-15-36(27-57-44)64-21-23-65(24-22-64)47(71)29-55-19-8-5-9-20-56-46(70)31-77-49-42(75-3)25-34(26-43(49)76-4)62-63-40-14-10-13-37-39(40)30-66(52(37)73)41-16-18-45(69)60-51(41)72/h10,13-15,17,25-28,35,41,55H,5-9,11-12,16,18-24,29-31H2,1-4H3,(H,56,70)(H,60,69,72)(H,57,58,59,61). The largest absolute Gasteiger partial charge is 0.493 e. The maximum atomic E-state index is 13.6. The topological polar surface area (TPSA) is 273 Å². The normalized spacial score (nSPS) is 16.8. The molecule has 1 atom stereocenters. The number of anilines is 3. The fraction of sp³-hybridized carbons (Fsp3) is 0.444. The highest BCUT2D eigenvalue weighted by molar-refractivity contribution is 6.06. The zero-order chi connectivity index (χ0) is 54.2. The number of fused-ring (bicyclic) bond motifs is 2.